The molecule has 0 saturated carbocycles. The molecule has 0 aliphatic heterocycles. The maximum absolute atomic E-state index is 6.10. The van der Waals surface area contributed by atoms with Gasteiger partial charge in [0, 0.05) is 15.4 Å². The van der Waals surface area contributed by atoms with Crippen molar-refractivity contribution in [1.82, 2.24) is 0 Å². The Bertz CT molecular complexity index is 340. The summed E-state index contributed by atoms with van der Waals surface area (Å²) in [6.07, 6.45) is 0. The lowest BCUT2D eigenvalue weighted by atomic mass is 9.87. The fourth-order valence-electron chi connectivity index (χ4n) is 1.27. The summed E-state index contributed by atoms with van der Waals surface area (Å²) in [6, 6.07) is 3.99. The minimum atomic E-state index is 0.0906. The van der Waals surface area contributed by atoms with Crippen LogP contribution in [0.4, 0.5) is 0 Å². The Morgan fingerprint density at radius 3 is 2.29 bits per heavy atom. The van der Waals surface area contributed by atoms with Crippen LogP contribution in [0.15, 0.2) is 16.6 Å². The van der Waals surface area contributed by atoms with Gasteiger partial charge in [-0.1, -0.05) is 48.3 Å². The Balaban J connectivity index is 3.29. The molecule has 0 aliphatic rings. The predicted molar refractivity (Wildman–Crippen MR) is 67.4 cm³/mol. The van der Waals surface area contributed by atoms with Crippen molar-refractivity contribution in [2.75, 3.05) is 0 Å². The third kappa shape index (κ3) is 2.65. The zero-order valence-electron chi connectivity index (χ0n) is 8.50. The largest absolute Gasteiger partial charge is 0.121 e. The van der Waals surface area contributed by atoms with Gasteiger partial charge in [0.15, 0.2) is 0 Å². The van der Waals surface area contributed by atoms with Gasteiger partial charge in [-0.15, -0.1) is 11.6 Å². The molecule has 1 rings (SSSR count). The van der Waals surface area contributed by atoms with Gasteiger partial charge in [0.25, 0.3) is 0 Å². The smallest absolute Gasteiger partial charge is 0.0489 e. The van der Waals surface area contributed by atoms with Gasteiger partial charge in [0.2, 0.25) is 0 Å². The highest BCUT2D eigenvalue weighted by molar-refractivity contribution is 9.10. The Labute approximate surface area is 104 Å². The van der Waals surface area contributed by atoms with E-state index in [0.717, 1.165) is 15.1 Å². The van der Waals surface area contributed by atoms with E-state index in [9.17, 15) is 0 Å². The molecule has 78 valence electrons. The van der Waals surface area contributed by atoms with E-state index < -0.39 is 0 Å². The lowest BCUT2D eigenvalue weighted by Gasteiger charge is -2.21. The molecule has 0 N–H and O–H groups in total. The fraction of sp³-hybridized carbons (Fsp3) is 0.455. The van der Waals surface area contributed by atoms with E-state index in [1.165, 1.54) is 5.56 Å². The molecule has 0 heterocycles. The van der Waals surface area contributed by atoms with Crippen LogP contribution >= 0.6 is 39.1 Å². The number of halogens is 3. The van der Waals surface area contributed by atoms with Crippen LogP contribution in [0.3, 0.4) is 0 Å². The summed E-state index contributed by atoms with van der Waals surface area (Å²) in [5.41, 5.74) is 2.26. The Morgan fingerprint density at radius 1 is 1.29 bits per heavy atom. The first kappa shape index (κ1) is 12.4. The quantitative estimate of drug-likeness (QED) is 0.629. The molecule has 14 heavy (non-hydrogen) atoms. The molecular formula is C11H13BrCl2. The van der Waals surface area contributed by atoms with Gasteiger partial charge in [0.1, 0.15) is 0 Å². The molecule has 1 aromatic rings. The highest BCUT2D eigenvalue weighted by atomic mass is 79.9. The molecule has 0 bridgehead atoms. The average Bonchev–Trinajstić information content (AvgIpc) is 2.06. The van der Waals surface area contributed by atoms with Crippen LogP contribution in [0.25, 0.3) is 0 Å². The maximum Gasteiger partial charge on any atom is 0.0489 e. The van der Waals surface area contributed by atoms with E-state index in [2.05, 4.69) is 36.7 Å². The summed E-state index contributed by atoms with van der Waals surface area (Å²) < 4.78 is 1.07. The molecule has 0 fully saturated rings. The molecule has 0 atom stereocenters. The molecule has 0 amide bonds. The predicted octanol–water partition coefficient (Wildman–Crippen LogP) is 5.14. The third-order valence-corrected chi connectivity index (χ3v) is 3.38. The molecule has 0 aliphatic carbocycles. The Hall–Kier alpha value is 0.280. The van der Waals surface area contributed by atoms with E-state index in [-0.39, 0.29) is 5.41 Å². The van der Waals surface area contributed by atoms with Gasteiger partial charge in [-0.25, -0.2) is 0 Å². The monoisotopic (exact) mass is 294 g/mol. The van der Waals surface area contributed by atoms with Crippen LogP contribution in [0, 0.1) is 0 Å². The van der Waals surface area contributed by atoms with Gasteiger partial charge in [-0.3, -0.25) is 0 Å². The molecule has 0 nitrogen and oxygen atoms in total. The topological polar surface area (TPSA) is 0 Å². The van der Waals surface area contributed by atoms with Gasteiger partial charge in [0.05, 0.1) is 0 Å². The van der Waals surface area contributed by atoms with Gasteiger partial charge in [-0.05, 0) is 28.7 Å². The number of rotatable bonds is 1. The van der Waals surface area contributed by atoms with E-state index in [0.29, 0.717) is 5.88 Å². The fourth-order valence-corrected chi connectivity index (χ4v) is 2.77. The van der Waals surface area contributed by atoms with Crippen molar-refractivity contribution in [2.45, 2.75) is 32.1 Å². The minimum absolute atomic E-state index is 0.0906. The van der Waals surface area contributed by atoms with Crippen LogP contribution in [0.5, 0.6) is 0 Å². The van der Waals surface area contributed by atoms with E-state index >= 15 is 0 Å². The van der Waals surface area contributed by atoms with Crippen molar-refractivity contribution in [3.63, 3.8) is 0 Å². The molecular weight excluding hydrogens is 283 g/mol. The Kier molecular flexibility index (Phi) is 3.90. The normalized spacial score (nSPS) is 11.9. The third-order valence-electron chi connectivity index (χ3n) is 2.09. The summed E-state index contributed by atoms with van der Waals surface area (Å²) in [4.78, 5) is 0. The van der Waals surface area contributed by atoms with E-state index in [1.54, 1.807) is 0 Å². The van der Waals surface area contributed by atoms with Crippen LogP contribution in [0.1, 0.15) is 31.9 Å². The van der Waals surface area contributed by atoms with E-state index in [1.807, 2.05) is 12.1 Å². The van der Waals surface area contributed by atoms with Crippen molar-refractivity contribution in [3.05, 3.63) is 32.8 Å². The molecule has 1 aromatic carbocycles. The highest BCUT2D eigenvalue weighted by Gasteiger charge is 2.18. The van der Waals surface area contributed by atoms with Crippen molar-refractivity contribution in [2.24, 2.45) is 0 Å². The van der Waals surface area contributed by atoms with Crippen molar-refractivity contribution in [1.29, 1.82) is 0 Å². The summed E-state index contributed by atoms with van der Waals surface area (Å²) in [6.45, 7) is 6.47. The summed E-state index contributed by atoms with van der Waals surface area (Å²) in [7, 11) is 0. The molecule has 0 radical (unpaired) electrons. The minimum Gasteiger partial charge on any atom is -0.121 e. The maximum atomic E-state index is 6.10. The molecule has 0 spiro atoms. The lowest BCUT2D eigenvalue weighted by molar-refractivity contribution is 0.587. The SMILES string of the molecule is CC(C)(C)c1cc(Cl)c(CCl)cc1Br. The molecule has 0 aromatic heterocycles. The zero-order valence-corrected chi connectivity index (χ0v) is 11.6. The second-order valence-electron chi connectivity index (χ2n) is 4.31. The van der Waals surface area contributed by atoms with Crippen molar-refractivity contribution < 1.29 is 0 Å². The first-order valence-corrected chi connectivity index (χ1v) is 6.11. The summed E-state index contributed by atoms with van der Waals surface area (Å²) in [5.74, 6) is 0.446. The molecule has 0 unspecified atom stereocenters. The van der Waals surface area contributed by atoms with Crippen molar-refractivity contribution in [3.8, 4) is 0 Å². The second kappa shape index (κ2) is 4.42. The van der Waals surface area contributed by atoms with Gasteiger partial charge in [-0.2, -0.15) is 0 Å². The number of benzene rings is 1. The summed E-state index contributed by atoms with van der Waals surface area (Å²) in [5, 5.41) is 0.744. The first-order valence-electron chi connectivity index (χ1n) is 4.40. The Morgan fingerprint density at radius 2 is 1.86 bits per heavy atom. The second-order valence-corrected chi connectivity index (χ2v) is 5.84. The highest BCUT2D eigenvalue weighted by Crippen LogP contribution is 2.34. The first-order chi connectivity index (χ1) is 6.36. The number of alkyl halides is 1. The van der Waals surface area contributed by atoms with E-state index in [4.69, 9.17) is 23.2 Å². The summed E-state index contributed by atoms with van der Waals surface area (Å²) >= 11 is 15.4. The van der Waals surface area contributed by atoms with Crippen LogP contribution < -0.4 is 0 Å². The average molecular weight is 296 g/mol. The van der Waals surface area contributed by atoms with Crippen LogP contribution in [-0.4, -0.2) is 0 Å². The van der Waals surface area contributed by atoms with Gasteiger partial charge >= 0.3 is 0 Å². The molecule has 0 saturated heterocycles. The van der Waals surface area contributed by atoms with Crippen LogP contribution in [0.2, 0.25) is 5.02 Å². The standard InChI is InChI=1S/C11H13BrCl2/c1-11(2,3)8-5-10(14)7(6-13)4-9(8)12/h4-5H,6H2,1-3H3. The molecule has 3 heteroatoms. The van der Waals surface area contributed by atoms with Gasteiger partial charge < -0.3 is 0 Å². The van der Waals surface area contributed by atoms with Crippen molar-refractivity contribution >= 4 is 39.1 Å². The number of hydrogen-bond acceptors (Lipinski definition) is 0. The lowest BCUT2D eigenvalue weighted by Crippen LogP contribution is -2.12. The zero-order chi connectivity index (χ0) is 10.9. The number of hydrogen-bond donors (Lipinski definition) is 0. The van der Waals surface area contributed by atoms with Crippen LogP contribution in [-0.2, 0) is 11.3 Å².